The second-order valence-corrected chi connectivity index (χ2v) is 3.13. The molecule has 12 heavy (non-hydrogen) atoms. The van der Waals surface area contributed by atoms with E-state index < -0.39 is 0 Å². The molecule has 0 amide bonds. The highest BCUT2D eigenvalue weighted by atomic mass is 16.7. The molecule has 2 heterocycles. The quantitative estimate of drug-likeness (QED) is 0.653. The summed E-state index contributed by atoms with van der Waals surface area (Å²) in [6, 6.07) is 0. The van der Waals surface area contributed by atoms with Crippen LogP contribution in [0.2, 0.25) is 0 Å². The number of methoxy groups -OCH3 is 1. The fourth-order valence-corrected chi connectivity index (χ4v) is 1.55. The van der Waals surface area contributed by atoms with Crippen molar-refractivity contribution >= 4 is 0 Å². The summed E-state index contributed by atoms with van der Waals surface area (Å²) in [5.41, 5.74) is 3.87. The van der Waals surface area contributed by atoms with Gasteiger partial charge >= 0.3 is 0 Å². The van der Waals surface area contributed by atoms with Crippen LogP contribution in [0, 0.1) is 5.92 Å². The fourth-order valence-electron chi connectivity index (χ4n) is 1.55. The first-order valence-electron chi connectivity index (χ1n) is 4.12. The predicted molar refractivity (Wildman–Crippen MR) is 42.0 cm³/mol. The summed E-state index contributed by atoms with van der Waals surface area (Å²) >= 11 is 0. The summed E-state index contributed by atoms with van der Waals surface area (Å²) in [4.78, 5) is 5.08. The van der Waals surface area contributed by atoms with Gasteiger partial charge in [-0.15, -0.1) is 0 Å². The van der Waals surface area contributed by atoms with E-state index in [1.807, 2.05) is 0 Å². The SMILES string of the molecule is COC[C@H]1C[C@H]2CONC2=CO1. The zero-order valence-corrected chi connectivity index (χ0v) is 7.08. The highest BCUT2D eigenvalue weighted by Crippen LogP contribution is 2.26. The Labute approximate surface area is 71.4 Å². The lowest BCUT2D eigenvalue weighted by Gasteiger charge is -2.23. The number of hydrogen-bond acceptors (Lipinski definition) is 4. The molecule has 2 aliphatic rings. The molecule has 0 aromatic carbocycles. The molecular weight excluding hydrogens is 158 g/mol. The Bertz CT molecular complexity index is 193. The van der Waals surface area contributed by atoms with Crippen molar-refractivity contribution in [1.29, 1.82) is 0 Å². The Morgan fingerprint density at radius 2 is 2.67 bits per heavy atom. The normalized spacial score (nSPS) is 33.2. The average molecular weight is 171 g/mol. The van der Waals surface area contributed by atoms with Crippen molar-refractivity contribution in [3.8, 4) is 0 Å². The minimum Gasteiger partial charge on any atom is -0.494 e. The van der Waals surface area contributed by atoms with Gasteiger partial charge in [0.1, 0.15) is 12.4 Å². The summed E-state index contributed by atoms with van der Waals surface area (Å²) in [6.07, 6.45) is 2.91. The molecule has 2 aliphatic heterocycles. The van der Waals surface area contributed by atoms with Crippen LogP contribution in [0.4, 0.5) is 0 Å². The van der Waals surface area contributed by atoms with E-state index in [1.54, 1.807) is 13.4 Å². The molecule has 68 valence electrons. The van der Waals surface area contributed by atoms with E-state index in [2.05, 4.69) is 5.48 Å². The van der Waals surface area contributed by atoms with E-state index in [-0.39, 0.29) is 6.10 Å². The van der Waals surface area contributed by atoms with E-state index in [9.17, 15) is 0 Å². The van der Waals surface area contributed by atoms with Gasteiger partial charge in [-0.2, -0.15) is 0 Å². The lowest BCUT2D eigenvalue weighted by Crippen LogP contribution is -2.26. The highest BCUT2D eigenvalue weighted by Gasteiger charge is 2.30. The number of ether oxygens (including phenoxy) is 2. The first kappa shape index (κ1) is 7.89. The van der Waals surface area contributed by atoms with Gasteiger partial charge in [0.15, 0.2) is 0 Å². The minimum absolute atomic E-state index is 0.187. The van der Waals surface area contributed by atoms with Gasteiger partial charge in [-0.05, 0) is 6.42 Å². The van der Waals surface area contributed by atoms with Gasteiger partial charge in [-0.1, -0.05) is 0 Å². The largest absolute Gasteiger partial charge is 0.494 e. The van der Waals surface area contributed by atoms with Crippen LogP contribution < -0.4 is 5.48 Å². The maximum absolute atomic E-state index is 5.40. The van der Waals surface area contributed by atoms with Gasteiger partial charge in [0.25, 0.3) is 0 Å². The second kappa shape index (κ2) is 3.33. The van der Waals surface area contributed by atoms with Gasteiger partial charge in [0, 0.05) is 13.0 Å². The van der Waals surface area contributed by atoms with E-state index in [4.69, 9.17) is 14.3 Å². The molecule has 0 saturated carbocycles. The first-order chi connectivity index (χ1) is 5.90. The Morgan fingerprint density at radius 3 is 3.50 bits per heavy atom. The van der Waals surface area contributed by atoms with Crippen LogP contribution in [0.1, 0.15) is 6.42 Å². The maximum atomic E-state index is 5.40. The van der Waals surface area contributed by atoms with Crippen molar-refractivity contribution in [1.82, 2.24) is 5.48 Å². The number of fused-ring (bicyclic) bond motifs is 1. The molecule has 4 heteroatoms. The third-order valence-corrected chi connectivity index (χ3v) is 2.20. The lowest BCUT2D eigenvalue weighted by atomic mass is 9.99. The molecule has 0 bridgehead atoms. The molecule has 0 spiro atoms. The Hall–Kier alpha value is -0.740. The maximum Gasteiger partial charge on any atom is 0.122 e. The topological polar surface area (TPSA) is 39.7 Å². The second-order valence-electron chi connectivity index (χ2n) is 3.13. The van der Waals surface area contributed by atoms with Crippen LogP contribution >= 0.6 is 0 Å². The minimum atomic E-state index is 0.187. The van der Waals surface area contributed by atoms with E-state index in [0.717, 1.165) is 18.7 Å². The molecular formula is C8H13NO3. The molecule has 0 aliphatic carbocycles. The third-order valence-electron chi connectivity index (χ3n) is 2.20. The van der Waals surface area contributed by atoms with Gasteiger partial charge in [0.2, 0.25) is 0 Å². The van der Waals surface area contributed by atoms with Crippen LogP contribution in [0.15, 0.2) is 12.0 Å². The molecule has 0 unspecified atom stereocenters. The van der Waals surface area contributed by atoms with Crippen molar-refractivity contribution < 1.29 is 14.3 Å². The molecule has 0 radical (unpaired) electrons. The van der Waals surface area contributed by atoms with Crippen LogP contribution in [0.5, 0.6) is 0 Å². The summed E-state index contributed by atoms with van der Waals surface area (Å²) in [5, 5.41) is 0. The van der Waals surface area contributed by atoms with Crippen LogP contribution in [-0.4, -0.2) is 26.4 Å². The Morgan fingerprint density at radius 1 is 1.75 bits per heavy atom. The van der Waals surface area contributed by atoms with Crippen molar-refractivity contribution in [2.45, 2.75) is 12.5 Å². The zero-order valence-electron chi connectivity index (χ0n) is 7.08. The zero-order chi connectivity index (χ0) is 8.39. The number of rotatable bonds is 2. The lowest BCUT2D eigenvalue weighted by molar-refractivity contribution is 0.0268. The molecule has 1 fully saturated rings. The molecule has 0 aromatic heterocycles. The number of hydrogen-bond donors (Lipinski definition) is 1. The molecule has 0 aromatic rings. The van der Waals surface area contributed by atoms with Crippen molar-refractivity contribution in [2.75, 3.05) is 20.3 Å². The van der Waals surface area contributed by atoms with Crippen molar-refractivity contribution in [3.63, 3.8) is 0 Å². The molecule has 2 atom stereocenters. The van der Waals surface area contributed by atoms with Crippen molar-refractivity contribution in [2.24, 2.45) is 5.92 Å². The van der Waals surface area contributed by atoms with E-state index >= 15 is 0 Å². The molecule has 2 rings (SSSR count). The summed E-state index contributed by atoms with van der Waals surface area (Å²) in [7, 11) is 1.69. The van der Waals surface area contributed by atoms with E-state index in [1.165, 1.54) is 0 Å². The first-order valence-corrected chi connectivity index (χ1v) is 4.12. The molecule has 1 N–H and O–H groups in total. The van der Waals surface area contributed by atoms with Crippen LogP contribution in [-0.2, 0) is 14.3 Å². The van der Waals surface area contributed by atoms with Gasteiger partial charge in [0.05, 0.1) is 18.9 Å². The van der Waals surface area contributed by atoms with E-state index in [0.29, 0.717) is 12.5 Å². The van der Waals surface area contributed by atoms with Gasteiger partial charge in [-0.3, -0.25) is 10.3 Å². The predicted octanol–water partition coefficient (Wildman–Crippen LogP) is 0.414. The van der Waals surface area contributed by atoms with Gasteiger partial charge < -0.3 is 9.47 Å². The standard InChI is InChI=1S/C8H13NO3/c1-10-4-7-2-6-3-12-9-8(6)5-11-7/h5-7,9H,2-4H2,1H3/t6-,7+/m0/s1. The fraction of sp³-hybridized carbons (Fsp3) is 0.750. The number of nitrogens with one attached hydrogen (secondary N) is 1. The van der Waals surface area contributed by atoms with Gasteiger partial charge in [-0.25, -0.2) is 0 Å². The molecule has 4 nitrogen and oxygen atoms in total. The molecule has 1 saturated heterocycles. The summed E-state index contributed by atoms with van der Waals surface area (Å²) in [6.45, 7) is 1.40. The summed E-state index contributed by atoms with van der Waals surface area (Å²) in [5.74, 6) is 0.471. The van der Waals surface area contributed by atoms with Crippen LogP contribution in [0.25, 0.3) is 0 Å². The third kappa shape index (κ3) is 1.40. The number of hydroxylamine groups is 1. The monoisotopic (exact) mass is 171 g/mol. The highest BCUT2D eigenvalue weighted by molar-refractivity contribution is 5.06. The van der Waals surface area contributed by atoms with Crippen LogP contribution in [0.3, 0.4) is 0 Å². The Kier molecular flexibility index (Phi) is 2.19. The Balaban J connectivity index is 1.94. The average Bonchev–Trinajstić information content (AvgIpc) is 2.51. The summed E-state index contributed by atoms with van der Waals surface area (Å²) < 4.78 is 10.4. The smallest absolute Gasteiger partial charge is 0.122 e. The van der Waals surface area contributed by atoms with Crippen molar-refractivity contribution in [3.05, 3.63) is 12.0 Å².